The van der Waals surface area contributed by atoms with Gasteiger partial charge in [-0.2, -0.15) is 0 Å². The van der Waals surface area contributed by atoms with Gasteiger partial charge in [-0.25, -0.2) is 0 Å². The van der Waals surface area contributed by atoms with Crippen LogP contribution in [0.15, 0.2) is 0 Å². The molecule has 1 saturated heterocycles. The van der Waals surface area contributed by atoms with Crippen molar-refractivity contribution in [1.29, 1.82) is 0 Å². The summed E-state index contributed by atoms with van der Waals surface area (Å²) >= 11 is 0. The van der Waals surface area contributed by atoms with Crippen LogP contribution in [0.3, 0.4) is 0 Å². The van der Waals surface area contributed by atoms with Crippen LogP contribution in [-0.4, -0.2) is 25.8 Å². The maximum atomic E-state index is 5.67. The fraction of sp³-hybridized carbons (Fsp3) is 1.00. The zero-order valence-corrected chi connectivity index (χ0v) is 7.18. The van der Waals surface area contributed by atoms with Crippen LogP contribution >= 0.6 is 0 Å². The van der Waals surface area contributed by atoms with Crippen molar-refractivity contribution in [2.75, 3.05) is 19.7 Å². The average molecular weight is 155 g/mol. The second-order valence-corrected chi connectivity index (χ2v) is 4.06. The van der Waals surface area contributed by atoms with Gasteiger partial charge < -0.3 is 10.1 Å². The van der Waals surface area contributed by atoms with Gasteiger partial charge in [-0.3, -0.25) is 0 Å². The Morgan fingerprint density at radius 3 is 2.55 bits per heavy atom. The highest BCUT2D eigenvalue weighted by Crippen LogP contribution is 2.33. The summed E-state index contributed by atoms with van der Waals surface area (Å²) < 4.78 is 5.67. The van der Waals surface area contributed by atoms with Crippen molar-refractivity contribution in [3.05, 3.63) is 0 Å². The first-order valence-corrected chi connectivity index (χ1v) is 4.67. The molecule has 64 valence electrons. The standard InChI is InChI=1S/C9H17NO/c1-7-2-8(3-7)6-11-9-4-10-5-9/h7-10H,2-6H2,1H3. The lowest BCUT2D eigenvalue weighted by atomic mass is 9.77. The first kappa shape index (κ1) is 7.56. The first-order chi connectivity index (χ1) is 5.34. The molecule has 1 aliphatic carbocycles. The third-order valence-corrected chi connectivity index (χ3v) is 2.78. The average Bonchev–Trinajstić information content (AvgIpc) is 1.80. The highest BCUT2D eigenvalue weighted by molar-refractivity contribution is 4.79. The zero-order valence-electron chi connectivity index (χ0n) is 7.18. The molecule has 11 heavy (non-hydrogen) atoms. The molecule has 2 heteroatoms. The van der Waals surface area contributed by atoms with Crippen LogP contribution in [0.1, 0.15) is 19.8 Å². The molecule has 2 aliphatic rings. The van der Waals surface area contributed by atoms with E-state index < -0.39 is 0 Å². The normalized spacial score (nSPS) is 37.9. The van der Waals surface area contributed by atoms with Gasteiger partial charge in [0.2, 0.25) is 0 Å². The zero-order chi connectivity index (χ0) is 7.68. The van der Waals surface area contributed by atoms with E-state index in [1.165, 1.54) is 12.8 Å². The van der Waals surface area contributed by atoms with Gasteiger partial charge in [0.05, 0.1) is 6.10 Å². The molecule has 0 spiro atoms. The summed E-state index contributed by atoms with van der Waals surface area (Å²) in [6.45, 7) is 5.47. The summed E-state index contributed by atoms with van der Waals surface area (Å²) in [6, 6.07) is 0. The lowest BCUT2D eigenvalue weighted by molar-refractivity contribution is -0.0250. The van der Waals surface area contributed by atoms with Gasteiger partial charge in [-0.05, 0) is 24.7 Å². The molecule has 0 radical (unpaired) electrons. The van der Waals surface area contributed by atoms with E-state index in [1.807, 2.05) is 0 Å². The molecule has 0 atom stereocenters. The molecule has 2 fully saturated rings. The van der Waals surface area contributed by atoms with Crippen LogP contribution < -0.4 is 5.32 Å². The molecule has 1 N–H and O–H groups in total. The summed E-state index contributed by atoms with van der Waals surface area (Å²) in [7, 11) is 0. The van der Waals surface area contributed by atoms with E-state index in [2.05, 4.69) is 12.2 Å². The molecule has 0 aromatic heterocycles. The van der Waals surface area contributed by atoms with E-state index in [4.69, 9.17) is 4.74 Å². The van der Waals surface area contributed by atoms with Crippen molar-refractivity contribution in [3.63, 3.8) is 0 Å². The van der Waals surface area contributed by atoms with E-state index >= 15 is 0 Å². The summed E-state index contributed by atoms with van der Waals surface area (Å²) in [4.78, 5) is 0. The fourth-order valence-electron chi connectivity index (χ4n) is 1.86. The van der Waals surface area contributed by atoms with Crippen molar-refractivity contribution < 1.29 is 4.74 Å². The van der Waals surface area contributed by atoms with Gasteiger partial charge in [-0.15, -0.1) is 0 Å². The number of rotatable bonds is 3. The summed E-state index contributed by atoms with van der Waals surface area (Å²) in [5.41, 5.74) is 0. The largest absolute Gasteiger partial charge is 0.375 e. The Hall–Kier alpha value is -0.0800. The van der Waals surface area contributed by atoms with Crippen molar-refractivity contribution in [2.24, 2.45) is 11.8 Å². The van der Waals surface area contributed by atoms with E-state index in [9.17, 15) is 0 Å². The van der Waals surface area contributed by atoms with Crippen LogP contribution in [0, 0.1) is 11.8 Å². The summed E-state index contributed by atoms with van der Waals surface area (Å²) in [5, 5.41) is 3.20. The van der Waals surface area contributed by atoms with Crippen LogP contribution in [-0.2, 0) is 4.74 Å². The number of ether oxygens (including phenoxy) is 1. The monoisotopic (exact) mass is 155 g/mol. The molecule has 0 unspecified atom stereocenters. The Morgan fingerprint density at radius 1 is 1.36 bits per heavy atom. The van der Waals surface area contributed by atoms with Gasteiger partial charge in [0.25, 0.3) is 0 Å². The minimum Gasteiger partial charge on any atom is -0.375 e. The van der Waals surface area contributed by atoms with E-state index in [0.717, 1.165) is 31.5 Å². The molecular weight excluding hydrogens is 138 g/mol. The van der Waals surface area contributed by atoms with E-state index in [1.54, 1.807) is 0 Å². The molecular formula is C9H17NO. The Bertz CT molecular complexity index is 128. The van der Waals surface area contributed by atoms with Gasteiger partial charge >= 0.3 is 0 Å². The highest BCUT2D eigenvalue weighted by atomic mass is 16.5. The molecule has 1 heterocycles. The second-order valence-electron chi connectivity index (χ2n) is 4.06. The molecule has 0 aromatic rings. The van der Waals surface area contributed by atoms with Gasteiger partial charge in [0.1, 0.15) is 0 Å². The summed E-state index contributed by atoms with van der Waals surface area (Å²) in [6.07, 6.45) is 3.31. The van der Waals surface area contributed by atoms with Crippen molar-refractivity contribution in [2.45, 2.75) is 25.9 Å². The summed E-state index contributed by atoms with van der Waals surface area (Å²) in [5.74, 6) is 1.84. The predicted octanol–water partition coefficient (Wildman–Crippen LogP) is 1.02. The molecule has 2 rings (SSSR count). The minimum atomic E-state index is 0.533. The molecule has 0 aromatic carbocycles. The van der Waals surface area contributed by atoms with Crippen LogP contribution in [0.25, 0.3) is 0 Å². The molecule has 2 nitrogen and oxygen atoms in total. The Morgan fingerprint density at radius 2 is 2.09 bits per heavy atom. The third-order valence-electron chi connectivity index (χ3n) is 2.78. The van der Waals surface area contributed by atoms with Crippen molar-refractivity contribution in [1.82, 2.24) is 5.32 Å². The Balaban J connectivity index is 1.53. The second kappa shape index (κ2) is 3.11. The predicted molar refractivity (Wildman–Crippen MR) is 44.5 cm³/mol. The molecule has 0 bridgehead atoms. The van der Waals surface area contributed by atoms with Crippen molar-refractivity contribution in [3.8, 4) is 0 Å². The topological polar surface area (TPSA) is 21.3 Å². The maximum absolute atomic E-state index is 5.67. The van der Waals surface area contributed by atoms with Crippen LogP contribution in [0.4, 0.5) is 0 Å². The van der Waals surface area contributed by atoms with Crippen LogP contribution in [0.2, 0.25) is 0 Å². The number of hydrogen-bond acceptors (Lipinski definition) is 2. The van der Waals surface area contributed by atoms with E-state index in [-0.39, 0.29) is 0 Å². The first-order valence-electron chi connectivity index (χ1n) is 4.67. The highest BCUT2D eigenvalue weighted by Gasteiger charge is 2.27. The Kier molecular flexibility index (Phi) is 2.14. The van der Waals surface area contributed by atoms with Gasteiger partial charge in [0, 0.05) is 19.7 Å². The Labute approximate surface area is 68.3 Å². The maximum Gasteiger partial charge on any atom is 0.0823 e. The third kappa shape index (κ3) is 1.74. The molecule has 1 saturated carbocycles. The smallest absolute Gasteiger partial charge is 0.0823 e. The van der Waals surface area contributed by atoms with Crippen LogP contribution in [0.5, 0.6) is 0 Å². The fourth-order valence-corrected chi connectivity index (χ4v) is 1.86. The SMILES string of the molecule is CC1CC(COC2CNC2)C1. The lowest BCUT2D eigenvalue weighted by Gasteiger charge is -2.35. The number of nitrogens with one attached hydrogen (secondary N) is 1. The number of hydrogen-bond donors (Lipinski definition) is 1. The lowest BCUT2D eigenvalue weighted by Crippen LogP contribution is -2.49. The van der Waals surface area contributed by atoms with Crippen molar-refractivity contribution >= 4 is 0 Å². The molecule has 0 amide bonds. The molecule has 1 aliphatic heterocycles. The van der Waals surface area contributed by atoms with Gasteiger partial charge in [-0.1, -0.05) is 6.92 Å². The van der Waals surface area contributed by atoms with Gasteiger partial charge in [0.15, 0.2) is 0 Å². The quantitative estimate of drug-likeness (QED) is 0.657. The minimum absolute atomic E-state index is 0.533. The van der Waals surface area contributed by atoms with E-state index in [0.29, 0.717) is 6.10 Å².